The molecule has 6 heteroatoms. The Morgan fingerprint density at radius 2 is 1.95 bits per heavy atom. The Bertz CT molecular complexity index is 674. The van der Waals surface area contributed by atoms with E-state index in [0.717, 1.165) is 5.56 Å². The van der Waals surface area contributed by atoms with E-state index >= 15 is 0 Å². The number of hydrogen-bond acceptors (Lipinski definition) is 3. The number of hydrogen-bond donors (Lipinski definition) is 2. The number of pyridine rings is 1. The van der Waals surface area contributed by atoms with Crippen LogP contribution >= 0.6 is 23.2 Å². The molecule has 0 fully saturated rings. The lowest BCUT2D eigenvalue weighted by Gasteiger charge is -2.10. The predicted octanol–water partition coefficient (Wildman–Crippen LogP) is 4.38. The molecule has 2 aromatic rings. The standard InChI is InChI=1S/C15H15Cl2N3O/c1-3-18-13-7-5-10(16)14(20-13)15(21)19-12-6-4-9(2)8-11(12)17/h4-8H,3H2,1-2H3,(H,18,20)(H,19,21). The van der Waals surface area contributed by atoms with Crippen LogP contribution in [-0.2, 0) is 0 Å². The molecule has 4 nitrogen and oxygen atoms in total. The minimum atomic E-state index is -0.398. The fraction of sp³-hybridized carbons (Fsp3) is 0.200. The first kappa shape index (κ1) is 15.6. The first-order chi connectivity index (χ1) is 10.0. The number of anilines is 2. The zero-order valence-electron chi connectivity index (χ0n) is 11.7. The van der Waals surface area contributed by atoms with Crippen molar-refractivity contribution in [1.82, 2.24) is 4.98 Å². The average molecular weight is 324 g/mol. The fourth-order valence-corrected chi connectivity index (χ4v) is 2.26. The Hall–Kier alpha value is -1.78. The summed E-state index contributed by atoms with van der Waals surface area (Å²) in [4.78, 5) is 16.5. The van der Waals surface area contributed by atoms with Gasteiger partial charge in [-0.2, -0.15) is 0 Å². The van der Waals surface area contributed by atoms with Gasteiger partial charge in [0.15, 0.2) is 0 Å². The van der Waals surface area contributed by atoms with Gasteiger partial charge in [-0.1, -0.05) is 29.3 Å². The number of aryl methyl sites for hydroxylation is 1. The highest BCUT2D eigenvalue weighted by atomic mass is 35.5. The molecule has 0 radical (unpaired) electrons. The van der Waals surface area contributed by atoms with Crippen LogP contribution < -0.4 is 10.6 Å². The van der Waals surface area contributed by atoms with Crippen molar-refractivity contribution in [2.75, 3.05) is 17.2 Å². The number of carbonyl (C=O) groups excluding carboxylic acids is 1. The van der Waals surface area contributed by atoms with Gasteiger partial charge in [0.05, 0.1) is 15.7 Å². The van der Waals surface area contributed by atoms with Crippen LogP contribution in [0.1, 0.15) is 23.0 Å². The van der Waals surface area contributed by atoms with Crippen LogP contribution in [0.3, 0.4) is 0 Å². The van der Waals surface area contributed by atoms with Crippen LogP contribution in [0.2, 0.25) is 10.0 Å². The lowest BCUT2D eigenvalue weighted by atomic mass is 10.2. The topological polar surface area (TPSA) is 54.0 Å². The highest BCUT2D eigenvalue weighted by Crippen LogP contribution is 2.24. The van der Waals surface area contributed by atoms with Crippen molar-refractivity contribution in [3.8, 4) is 0 Å². The molecule has 0 aliphatic rings. The maximum atomic E-state index is 12.3. The van der Waals surface area contributed by atoms with Gasteiger partial charge in [0.1, 0.15) is 11.5 Å². The molecule has 0 spiro atoms. The molecular weight excluding hydrogens is 309 g/mol. The third-order valence-corrected chi connectivity index (χ3v) is 3.41. The van der Waals surface area contributed by atoms with Gasteiger partial charge >= 0.3 is 0 Å². The molecule has 0 aliphatic heterocycles. The van der Waals surface area contributed by atoms with Gasteiger partial charge in [0, 0.05) is 6.54 Å². The first-order valence-corrected chi connectivity index (χ1v) is 7.24. The summed E-state index contributed by atoms with van der Waals surface area (Å²) in [7, 11) is 0. The fourth-order valence-electron chi connectivity index (χ4n) is 1.78. The number of aromatic nitrogens is 1. The van der Waals surface area contributed by atoms with Crippen molar-refractivity contribution in [2.45, 2.75) is 13.8 Å². The van der Waals surface area contributed by atoms with E-state index in [-0.39, 0.29) is 10.7 Å². The van der Waals surface area contributed by atoms with Gasteiger partial charge in [-0.25, -0.2) is 4.98 Å². The zero-order chi connectivity index (χ0) is 15.4. The molecule has 0 unspecified atom stereocenters. The molecular formula is C15H15Cl2N3O. The molecule has 1 heterocycles. The first-order valence-electron chi connectivity index (χ1n) is 6.49. The molecule has 110 valence electrons. The van der Waals surface area contributed by atoms with Gasteiger partial charge in [0.2, 0.25) is 0 Å². The number of carbonyl (C=O) groups is 1. The second kappa shape index (κ2) is 6.78. The van der Waals surface area contributed by atoms with E-state index in [1.54, 1.807) is 24.3 Å². The smallest absolute Gasteiger partial charge is 0.275 e. The van der Waals surface area contributed by atoms with E-state index in [0.29, 0.717) is 23.1 Å². The zero-order valence-corrected chi connectivity index (χ0v) is 13.2. The lowest BCUT2D eigenvalue weighted by Crippen LogP contribution is -2.15. The molecule has 0 saturated heterocycles. The van der Waals surface area contributed by atoms with Crippen molar-refractivity contribution in [3.63, 3.8) is 0 Å². The number of nitrogens with zero attached hydrogens (tertiary/aromatic N) is 1. The number of amides is 1. The third kappa shape index (κ3) is 3.86. The molecule has 1 aromatic heterocycles. The monoisotopic (exact) mass is 323 g/mol. The number of halogens is 2. The van der Waals surface area contributed by atoms with Crippen molar-refractivity contribution in [2.24, 2.45) is 0 Å². The molecule has 1 amide bonds. The van der Waals surface area contributed by atoms with E-state index in [4.69, 9.17) is 23.2 Å². The molecule has 0 aliphatic carbocycles. The minimum absolute atomic E-state index is 0.159. The summed E-state index contributed by atoms with van der Waals surface area (Å²) < 4.78 is 0. The Morgan fingerprint density at radius 1 is 1.19 bits per heavy atom. The Kier molecular flexibility index (Phi) is 5.04. The quantitative estimate of drug-likeness (QED) is 0.877. The second-order valence-electron chi connectivity index (χ2n) is 4.49. The largest absolute Gasteiger partial charge is 0.370 e. The molecule has 2 rings (SSSR count). The molecule has 21 heavy (non-hydrogen) atoms. The summed E-state index contributed by atoms with van der Waals surface area (Å²) >= 11 is 12.1. The summed E-state index contributed by atoms with van der Waals surface area (Å²) in [5, 5.41) is 6.52. The highest BCUT2D eigenvalue weighted by molar-refractivity contribution is 6.35. The van der Waals surface area contributed by atoms with Crippen LogP contribution in [0.15, 0.2) is 30.3 Å². The summed E-state index contributed by atoms with van der Waals surface area (Å²) in [6.07, 6.45) is 0. The van der Waals surface area contributed by atoms with Gasteiger partial charge in [-0.15, -0.1) is 0 Å². The lowest BCUT2D eigenvalue weighted by molar-refractivity contribution is 0.102. The van der Waals surface area contributed by atoms with Crippen molar-refractivity contribution < 1.29 is 4.79 Å². The van der Waals surface area contributed by atoms with Crippen LogP contribution in [0.4, 0.5) is 11.5 Å². The van der Waals surface area contributed by atoms with Crippen LogP contribution in [0.25, 0.3) is 0 Å². The van der Waals surface area contributed by atoms with Gasteiger partial charge in [-0.05, 0) is 43.7 Å². The van der Waals surface area contributed by atoms with Crippen LogP contribution in [-0.4, -0.2) is 17.4 Å². The Labute approximate surface area is 133 Å². The van der Waals surface area contributed by atoms with Gasteiger partial charge < -0.3 is 10.6 Å². The van der Waals surface area contributed by atoms with Gasteiger partial charge in [0.25, 0.3) is 5.91 Å². The molecule has 0 bridgehead atoms. The van der Waals surface area contributed by atoms with E-state index in [1.807, 2.05) is 19.9 Å². The minimum Gasteiger partial charge on any atom is -0.370 e. The summed E-state index contributed by atoms with van der Waals surface area (Å²) in [6.45, 7) is 4.58. The third-order valence-electron chi connectivity index (χ3n) is 2.79. The maximum Gasteiger partial charge on any atom is 0.275 e. The summed E-state index contributed by atoms with van der Waals surface area (Å²) in [5.41, 5.74) is 1.70. The Morgan fingerprint density at radius 3 is 2.62 bits per heavy atom. The van der Waals surface area contributed by atoms with Gasteiger partial charge in [-0.3, -0.25) is 4.79 Å². The molecule has 0 atom stereocenters. The normalized spacial score (nSPS) is 10.3. The summed E-state index contributed by atoms with van der Waals surface area (Å²) in [6, 6.07) is 8.75. The number of nitrogens with one attached hydrogen (secondary N) is 2. The van der Waals surface area contributed by atoms with E-state index in [1.165, 1.54) is 0 Å². The highest BCUT2D eigenvalue weighted by Gasteiger charge is 2.14. The second-order valence-corrected chi connectivity index (χ2v) is 5.31. The van der Waals surface area contributed by atoms with Crippen molar-refractivity contribution in [3.05, 3.63) is 51.6 Å². The summed E-state index contributed by atoms with van der Waals surface area (Å²) in [5.74, 6) is 0.201. The van der Waals surface area contributed by atoms with Crippen molar-refractivity contribution in [1.29, 1.82) is 0 Å². The van der Waals surface area contributed by atoms with E-state index in [2.05, 4.69) is 15.6 Å². The Balaban J connectivity index is 2.25. The van der Waals surface area contributed by atoms with E-state index < -0.39 is 5.91 Å². The SMILES string of the molecule is CCNc1ccc(Cl)c(C(=O)Nc2ccc(C)cc2Cl)n1. The molecule has 2 N–H and O–H groups in total. The average Bonchev–Trinajstić information content (AvgIpc) is 2.44. The predicted molar refractivity (Wildman–Crippen MR) is 87.6 cm³/mol. The maximum absolute atomic E-state index is 12.3. The van der Waals surface area contributed by atoms with Crippen LogP contribution in [0, 0.1) is 6.92 Å². The molecule has 0 saturated carbocycles. The van der Waals surface area contributed by atoms with Crippen LogP contribution in [0.5, 0.6) is 0 Å². The number of rotatable bonds is 4. The van der Waals surface area contributed by atoms with Crippen molar-refractivity contribution >= 4 is 40.6 Å². The molecule has 1 aromatic carbocycles. The number of benzene rings is 1. The van der Waals surface area contributed by atoms with E-state index in [9.17, 15) is 4.79 Å².